The minimum Gasteiger partial charge on any atom is -0.194 e. The molecule has 0 amide bonds. The molecule has 60 valence electrons. The summed E-state index contributed by atoms with van der Waals surface area (Å²) in [6.45, 7) is 5.98. The molecule has 0 N–H and O–H groups in total. The van der Waals surface area contributed by atoms with Gasteiger partial charge in [0, 0.05) is 5.41 Å². The normalized spacial score (nSPS) is 30.0. The van der Waals surface area contributed by atoms with Crippen molar-refractivity contribution in [1.82, 2.24) is 0 Å². The van der Waals surface area contributed by atoms with Gasteiger partial charge in [-0.15, -0.1) is 0 Å². The average Bonchev–Trinajstić information content (AvgIpc) is 1.79. The Morgan fingerprint density at radius 1 is 1.30 bits per heavy atom. The van der Waals surface area contributed by atoms with E-state index in [1.807, 2.05) is 6.66 Å². The molecule has 0 spiro atoms. The quantitative estimate of drug-likeness (QED) is 0.457. The molecule has 1 aliphatic rings. The van der Waals surface area contributed by atoms with Crippen molar-refractivity contribution >= 4 is 19.2 Å². The largest absolute Gasteiger partial charge is 0.327 e. The second-order valence-corrected chi connectivity index (χ2v) is 7.82. The number of hydrogen-bond donors (Lipinski definition) is 1. The molecule has 1 rings (SSSR count). The summed E-state index contributed by atoms with van der Waals surface area (Å²) in [4.78, 5) is 0. The molecule has 0 radical (unpaired) electrons. The van der Waals surface area contributed by atoms with Gasteiger partial charge in [-0.25, -0.2) is 0 Å². The van der Waals surface area contributed by atoms with Gasteiger partial charge >= 0.3 is 6.92 Å². The van der Waals surface area contributed by atoms with Gasteiger partial charge in [0.1, 0.15) is 19.9 Å². The van der Waals surface area contributed by atoms with E-state index in [0.717, 1.165) is 13.2 Å². The van der Waals surface area contributed by atoms with Gasteiger partial charge in [0.15, 0.2) is 0 Å². The molecular weight excluding hydrogens is 167 g/mol. The highest BCUT2D eigenvalue weighted by atomic mass is 32.7. The third kappa shape index (κ3) is 2.39. The second kappa shape index (κ2) is 2.63. The number of hydrogen-bond acceptors (Lipinski definition) is 3. The summed E-state index contributed by atoms with van der Waals surface area (Å²) in [7, 11) is 0. The number of thiol groups is 1. The first kappa shape index (κ1) is 8.79. The highest BCUT2D eigenvalue weighted by Crippen LogP contribution is 2.65. The maximum atomic E-state index is 5.43. The summed E-state index contributed by atoms with van der Waals surface area (Å²) in [6, 6.07) is 0. The zero-order valence-corrected chi connectivity index (χ0v) is 8.41. The van der Waals surface area contributed by atoms with Crippen molar-refractivity contribution in [3.63, 3.8) is 0 Å². The van der Waals surface area contributed by atoms with Crippen LogP contribution in [-0.4, -0.2) is 19.9 Å². The molecule has 0 aromatic heterocycles. The van der Waals surface area contributed by atoms with Gasteiger partial charge in [0.25, 0.3) is 0 Å². The lowest BCUT2D eigenvalue weighted by Gasteiger charge is -2.30. The first-order valence-corrected chi connectivity index (χ1v) is 6.52. The number of rotatable bonds is 0. The van der Waals surface area contributed by atoms with Crippen LogP contribution in [0.4, 0.5) is 0 Å². The van der Waals surface area contributed by atoms with Gasteiger partial charge in [-0.1, -0.05) is 13.8 Å². The molecule has 0 aromatic rings. The smallest absolute Gasteiger partial charge is 0.194 e. The van der Waals surface area contributed by atoms with E-state index in [0.29, 0.717) is 0 Å². The van der Waals surface area contributed by atoms with Crippen LogP contribution < -0.4 is 0 Å². The Morgan fingerprint density at radius 2 is 1.70 bits per heavy atom. The lowest BCUT2D eigenvalue weighted by Crippen LogP contribution is -2.29. The molecular formula is C6H14O2PS+. The fourth-order valence-corrected chi connectivity index (χ4v) is 2.27. The van der Waals surface area contributed by atoms with Gasteiger partial charge in [-0.3, -0.25) is 0 Å². The Labute approximate surface area is 67.9 Å². The van der Waals surface area contributed by atoms with Crippen molar-refractivity contribution in [2.45, 2.75) is 13.8 Å². The van der Waals surface area contributed by atoms with E-state index in [2.05, 4.69) is 26.1 Å². The monoisotopic (exact) mass is 181 g/mol. The van der Waals surface area contributed by atoms with Crippen molar-refractivity contribution in [2.24, 2.45) is 5.41 Å². The molecule has 1 aliphatic heterocycles. The summed E-state index contributed by atoms with van der Waals surface area (Å²) in [5.74, 6) is 0. The Bertz CT molecular complexity index is 108. The third-order valence-corrected chi connectivity index (χ3v) is 3.30. The predicted molar refractivity (Wildman–Crippen MR) is 47.5 cm³/mol. The van der Waals surface area contributed by atoms with E-state index in [-0.39, 0.29) is 5.41 Å². The van der Waals surface area contributed by atoms with Gasteiger partial charge in [0.2, 0.25) is 0 Å². The van der Waals surface area contributed by atoms with Crippen molar-refractivity contribution in [3.05, 3.63) is 0 Å². The Hall–Kier alpha value is 0.700. The Morgan fingerprint density at radius 3 is 2.00 bits per heavy atom. The Kier molecular flexibility index (Phi) is 2.31. The van der Waals surface area contributed by atoms with E-state index in [9.17, 15) is 0 Å². The third-order valence-electron chi connectivity index (χ3n) is 1.39. The van der Waals surface area contributed by atoms with Gasteiger partial charge in [-0.05, 0) is 0 Å². The van der Waals surface area contributed by atoms with Crippen LogP contribution in [-0.2, 0) is 9.05 Å². The molecule has 1 fully saturated rings. The predicted octanol–water partition coefficient (Wildman–Crippen LogP) is 2.38. The van der Waals surface area contributed by atoms with E-state index < -0.39 is 6.92 Å². The van der Waals surface area contributed by atoms with Crippen molar-refractivity contribution in [1.29, 1.82) is 0 Å². The molecule has 2 nitrogen and oxygen atoms in total. The fraction of sp³-hybridized carbons (Fsp3) is 1.00. The van der Waals surface area contributed by atoms with Crippen molar-refractivity contribution in [2.75, 3.05) is 19.9 Å². The van der Waals surface area contributed by atoms with Crippen molar-refractivity contribution < 1.29 is 9.05 Å². The zero-order chi connectivity index (χ0) is 7.83. The molecule has 0 unspecified atom stereocenters. The Balaban J connectivity index is 2.46. The van der Waals surface area contributed by atoms with E-state index in [1.165, 1.54) is 0 Å². The van der Waals surface area contributed by atoms with Crippen LogP contribution in [0.15, 0.2) is 0 Å². The second-order valence-electron chi connectivity index (χ2n) is 3.51. The molecule has 1 saturated heterocycles. The SMILES string of the molecule is CC1(C)CO[P+](C)(S)OC1. The lowest BCUT2D eigenvalue weighted by molar-refractivity contribution is 0.0606. The van der Waals surface area contributed by atoms with Crippen LogP contribution in [0.25, 0.3) is 0 Å². The van der Waals surface area contributed by atoms with E-state index in [1.54, 1.807) is 0 Å². The molecule has 1 heterocycles. The first-order chi connectivity index (χ1) is 4.41. The lowest BCUT2D eigenvalue weighted by atomic mass is 9.97. The maximum Gasteiger partial charge on any atom is 0.327 e. The molecule has 0 bridgehead atoms. The van der Waals surface area contributed by atoms with Crippen LogP contribution >= 0.6 is 19.2 Å². The molecule has 0 saturated carbocycles. The van der Waals surface area contributed by atoms with Crippen LogP contribution in [0, 0.1) is 5.41 Å². The van der Waals surface area contributed by atoms with Crippen LogP contribution in [0.1, 0.15) is 13.8 Å². The van der Waals surface area contributed by atoms with Crippen LogP contribution in [0.5, 0.6) is 0 Å². The highest BCUT2D eigenvalue weighted by Gasteiger charge is 2.41. The van der Waals surface area contributed by atoms with Gasteiger partial charge in [0.05, 0.1) is 12.2 Å². The minimum absolute atomic E-state index is 0.169. The topological polar surface area (TPSA) is 18.5 Å². The van der Waals surface area contributed by atoms with Crippen LogP contribution in [0.3, 0.4) is 0 Å². The summed E-state index contributed by atoms with van der Waals surface area (Å²) >= 11 is 4.26. The molecule has 0 aliphatic carbocycles. The summed E-state index contributed by atoms with van der Waals surface area (Å²) in [6.07, 6.45) is 0. The molecule has 0 atom stereocenters. The summed E-state index contributed by atoms with van der Waals surface area (Å²) in [5.41, 5.74) is 0.169. The van der Waals surface area contributed by atoms with Crippen molar-refractivity contribution in [3.8, 4) is 0 Å². The average molecular weight is 181 g/mol. The maximum absolute atomic E-state index is 5.43. The molecule has 10 heavy (non-hydrogen) atoms. The fourth-order valence-electron chi connectivity index (χ4n) is 0.668. The zero-order valence-electron chi connectivity index (χ0n) is 6.63. The highest BCUT2D eigenvalue weighted by molar-refractivity contribution is 8.49. The van der Waals surface area contributed by atoms with Gasteiger partial charge < -0.3 is 0 Å². The first-order valence-electron chi connectivity index (χ1n) is 3.30. The van der Waals surface area contributed by atoms with E-state index in [4.69, 9.17) is 9.05 Å². The molecule has 4 heteroatoms. The molecule has 0 aromatic carbocycles. The summed E-state index contributed by atoms with van der Waals surface area (Å²) in [5, 5.41) is 0. The van der Waals surface area contributed by atoms with Gasteiger partial charge in [-0.2, -0.15) is 9.05 Å². The van der Waals surface area contributed by atoms with Crippen LogP contribution in [0.2, 0.25) is 0 Å². The summed E-state index contributed by atoms with van der Waals surface area (Å²) < 4.78 is 10.9. The van der Waals surface area contributed by atoms with E-state index >= 15 is 0 Å². The standard InChI is InChI=1S/C6H14O2PS/c1-6(2)4-7-9(3,10)8-5-6/h10H,4-5H2,1-3H3/q+1. The minimum atomic E-state index is -1.72.